The van der Waals surface area contributed by atoms with Gasteiger partial charge in [-0.1, -0.05) is 18.2 Å². The number of rotatable bonds is 4. The Morgan fingerprint density at radius 1 is 1.11 bits per heavy atom. The average Bonchev–Trinajstić information content (AvgIpc) is 2.96. The number of hydrogen-bond donors (Lipinski definition) is 1. The molecule has 0 saturated carbocycles. The van der Waals surface area contributed by atoms with Crippen molar-refractivity contribution in [3.05, 3.63) is 75.8 Å². The van der Waals surface area contributed by atoms with E-state index >= 15 is 0 Å². The van der Waals surface area contributed by atoms with Crippen LogP contribution in [-0.2, 0) is 14.8 Å². The minimum atomic E-state index is -4.15. The molecular weight excluding hydrogens is 442 g/mol. The second-order valence-corrected chi connectivity index (χ2v) is 8.31. The largest absolute Gasteiger partial charge is 0.283 e. The summed E-state index contributed by atoms with van der Waals surface area (Å²) in [5.41, 5.74) is -0.0964. The fourth-order valence-corrected chi connectivity index (χ4v) is 4.62. The fourth-order valence-electron chi connectivity index (χ4n) is 2.65. The standard InChI is InChI=1S/C18H13BrF2N2O3S/c1-10-9-14(22-17(10)16-12(20)6-4-7-13(16)21)18(24)23-27(25,26)15-8-3-2-5-11(15)19/h2-9,17H,1H3,(H,23,24). The van der Waals surface area contributed by atoms with Crippen LogP contribution in [0.15, 0.2) is 68.5 Å². The first-order valence-electron chi connectivity index (χ1n) is 7.72. The van der Waals surface area contributed by atoms with Gasteiger partial charge < -0.3 is 0 Å². The lowest BCUT2D eigenvalue weighted by Gasteiger charge is -2.11. The van der Waals surface area contributed by atoms with Gasteiger partial charge in [0.05, 0.1) is 5.56 Å². The summed E-state index contributed by atoms with van der Waals surface area (Å²) < 4.78 is 55.0. The predicted molar refractivity (Wildman–Crippen MR) is 99.8 cm³/mol. The van der Waals surface area contributed by atoms with E-state index in [0.29, 0.717) is 5.57 Å². The number of amides is 1. The molecule has 0 bridgehead atoms. The van der Waals surface area contributed by atoms with Crippen molar-refractivity contribution < 1.29 is 22.0 Å². The SMILES string of the molecule is CC1=CC(C(=O)NS(=O)(=O)c2ccccc2Br)=NC1c1c(F)cccc1F. The minimum absolute atomic E-state index is 0.116. The highest BCUT2D eigenvalue weighted by atomic mass is 79.9. The van der Waals surface area contributed by atoms with Crippen molar-refractivity contribution in [2.45, 2.75) is 17.9 Å². The van der Waals surface area contributed by atoms with E-state index < -0.39 is 33.6 Å². The highest BCUT2D eigenvalue weighted by Gasteiger charge is 2.30. The van der Waals surface area contributed by atoms with E-state index in [1.807, 2.05) is 4.72 Å². The van der Waals surface area contributed by atoms with Gasteiger partial charge in [0.15, 0.2) is 0 Å². The summed E-state index contributed by atoms with van der Waals surface area (Å²) in [5.74, 6) is -2.57. The average molecular weight is 455 g/mol. The van der Waals surface area contributed by atoms with Crippen LogP contribution < -0.4 is 4.72 Å². The highest BCUT2D eigenvalue weighted by molar-refractivity contribution is 9.10. The van der Waals surface area contributed by atoms with Crippen molar-refractivity contribution in [3.8, 4) is 0 Å². The van der Waals surface area contributed by atoms with Crippen LogP contribution in [0.4, 0.5) is 8.78 Å². The summed E-state index contributed by atoms with van der Waals surface area (Å²) in [5, 5.41) is 0. The molecule has 1 atom stereocenters. The summed E-state index contributed by atoms with van der Waals surface area (Å²) in [7, 11) is -4.15. The Hall–Kier alpha value is -2.39. The fraction of sp³-hybridized carbons (Fsp3) is 0.111. The maximum atomic E-state index is 14.0. The van der Waals surface area contributed by atoms with Crippen LogP contribution in [0, 0.1) is 11.6 Å². The van der Waals surface area contributed by atoms with E-state index in [4.69, 9.17) is 0 Å². The number of benzene rings is 2. The normalized spacial score (nSPS) is 16.7. The van der Waals surface area contributed by atoms with E-state index in [-0.39, 0.29) is 20.6 Å². The molecule has 27 heavy (non-hydrogen) atoms. The van der Waals surface area contributed by atoms with Crippen molar-refractivity contribution >= 4 is 37.6 Å². The van der Waals surface area contributed by atoms with Crippen molar-refractivity contribution in [1.29, 1.82) is 0 Å². The molecule has 3 rings (SSSR count). The summed E-state index contributed by atoms with van der Waals surface area (Å²) in [4.78, 5) is 16.3. The predicted octanol–water partition coefficient (Wildman–Crippen LogP) is 3.67. The third-order valence-corrected chi connectivity index (χ3v) is 6.27. The molecule has 2 aromatic rings. The molecule has 0 radical (unpaired) electrons. The second kappa shape index (κ2) is 7.32. The number of aliphatic imine (C=N–C) groups is 1. The van der Waals surface area contributed by atoms with Crippen LogP contribution in [0.1, 0.15) is 18.5 Å². The summed E-state index contributed by atoms with van der Waals surface area (Å²) >= 11 is 3.12. The first-order chi connectivity index (χ1) is 12.7. The van der Waals surface area contributed by atoms with Gasteiger partial charge in [-0.05, 0) is 58.8 Å². The Morgan fingerprint density at radius 3 is 2.37 bits per heavy atom. The number of hydrogen-bond acceptors (Lipinski definition) is 4. The van der Waals surface area contributed by atoms with Crippen molar-refractivity contribution in [3.63, 3.8) is 0 Å². The molecule has 140 valence electrons. The zero-order chi connectivity index (χ0) is 19.8. The molecule has 5 nitrogen and oxygen atoms in total. The lowest BCUT2D eigenvalue weighted by atomic mass is 10.0. The van der Waals surface area contributed by atoms with Crippen LogP contribution in [-0.4, -0.2) is 20.0 Å². The molecule has 1 aliphatic heterocycles. The van der Waals surface area contributed by atoms with E-state index in [9.17, 15) is 22.0 Å². The van der Waals surface area contributed by atoms with E-state index in [0.717, 1.165) is 12.1 Å². The summed E-state index contributed by atoms with van der Waals surface area (Å²) in [6.07, 6.45) is 1.31. The van der Waals surface area contributed by atoms with Crippen molar-refractivity contribution in [1.82, 2.24) is 4.72 Å². The monoisotopic (exact) mass is 454 g/mol. The minimum Gasteiger partial charge on any atom is -0.267 e. The molecule has 1 amide bonds. The number of sulfonamides is 1. The molecule has 0 aromatic heterocycles. The Kier molecular flexibility index (Phi) is 5.25. The van der Waals surface area contributed by atoms with Crippen LogP contribution in [0.2, 0.25) is 0 Å². The van der Waals surface area contributed by atoms with Gasteiger partial charge in [0.1, 0.15) is 28.3 Å². The molecule has 1 N–H and O–H groups in total. The van der Waals surface area contributed by atoms with E-state index in [2.05, 4.69) is 20.9 Å². The zero-order valence-electron chi connectivity index (χ0n) is 13.9. The summed E-state index contributed by atoms with van der Waals surface area (Å²) in [6.45, 7) is 1.56. The Balaban J connectivity index is 1.89. The lowest BCUT2D eigenvalue weighted by Crippen LogP contribution is -2.35. The molecule has 0 aliphatic carbocycles. The molecule has 1 aliphatic rings. The first kappa shape index (κ1) is 19.4. The van der Waals surface area contributed by atoms with Gasteiger partial charge in [0.25, 0.3) is 15.9 Å². The maximum Gasteiger partial charge on any atom is 0.283 e. The Morgan fingerprint density at radius 2 is 1.74 bits per heavy atom. The van der Waals surface area contributed by atoms with Gasteiger partial charge in [0, 0.05) is 4.47 Å². The molecular formula is C18H13BrF2N2O3S. The topological polar surface area (TPSA) is 75.6 Å². The number of nitrogens with one attached hydrogen (secondary N) is 1. The van der Waals surface area contributed by atoms with Gasteiger partial charge >= 0.3 is 0 Å². The number of carbonyl (C=O) groups excluding carboxylic acids is 1. The lowest BCUT2D eigenvalue weighted by molar-refractivity contribution is -0.113. The van der Waals surface area contributed by atoms with Crippen molar-refractivity contribution in [2.24, 2.45) is 4.99 Å². The molecule has 2 aromatic carbocycles. The molecule has 9 heteroatoms. The number of carbonyl (C=O) groups is 1. The molecule has 1 heterocycles. The second-order valence-electron chi connectivity index (χ2n) is 5.81. The molecule has 1 unspecified atom stereocenters. The van der Waals surface area contributed by atoms with E-state index in [1.54, 1.807) is 13.0 Å². The van der Waals surface area contributed by atoms with Crippen LogP contribution in [0.3, 0.4) is 0 Å². The zero-order valence-corrected chi connectivity index (χ0v) is 16.3. The maximum absolute atomic E-state index is 14.0. The van der Waals surface area contributed by atoms with E-state index in [1.165, 1.54) is 30.3 Å². The van der Waals surface area contributed by atoms with Crippen LogP contribution in [0.25, 0.3) is 0 Å². The van der Waals surface area contributed by atoms with Crippen LogP contribution in [0.5, 0.6) is 0 Å². The Labute approximate surface area is 163 Å². The van der Waals surface area contributed by atoms with Crippen LogP contribution >= 0.6 is 15.9 Å². The molecule has 0 saturated heterocycles. The molecule has 0 spiro atoms. The van der Waals surface area contributed by atoms with Gasteiger partial charge in [-0.15, -0.1) is 0 Å². The third kappa shape index (κ3) is 3.84. The quantitative estimate of drug-likeness (QED) is 0.765. The number of nitrogens with zero attached hydrogens (tertiary/aromatic N) is 1. The van der Waals surface area contributed by atoms with Crippen molar-refractivity contribution in [2.75, 3.05) is 0 Å². The first-order valence-corrected chi connectivity index (χ1v) is 10.00. The van der Waals surface area contributed by atoms with Gasteiger partial charge in [0.2, 0.25) is 0 Å². The Bertz CT molecular complexity index is 1080. The number of halogens is 3. The van der Waals surface area contributed by atoms with Gasteiger partial charge in [-0.3, -0.25) is 9.79 Å². The van der Waals surface area contributed by atoms with Gasteiger partial charge in [-0.25, -0.2) is 21.9 Å². The highest BCUT2D eigenvalue weighted by Crippen LogP contribution is 2.33. The third-order valence-electron chi connectivity index (χ3n) is 3.92. The molecule has 0 fully saturated rings. The summed E-state index contributed by atoms with van der Waals surface area (Å²) in [6, 6.07) is 8.38. The van der Waals surface area contributed by atoms with Gasteiger partial charge in [-0.2, -0.15) is 0 Å². The smallest absolute Gasteiger partial charge is 0.267 e.